The first kappa shape index (κ1) is 32.6. The highest BCUT2D eigenvalue weighted by atomic mass is 16.5. The first-order valence-electron chi connectivity index (χ1n) is 16.3. The number of imide groups is 1. The summed E-state index contributed by atoms with van der Waals surface area (Å²) in [6, 6.07) is 16.9. The van der Waals surface area contributed by atoms with Gasteiger partial charge in [0.1, 0.15) is 5.75 Å². The summed E-state index contributed by atoms with van der Waals surface area (Å²) in [5.41, 5.74) is 4.09. The van der Waals surface area contributed by atoms with E-state index < -0.39 is 36.9 Å². The number of likely N-dealkylation sites (tertiary alicyclic amines) is 1. The number of carboxylic acid groups (broad SMARTS) is 1. The SMILES string of the molecule is O=C(O)CCCCCN1C(=O)[C@@H]2[C@@H](CC(CO)=C3[C@@H](CC/C(=C/c4ccc(O)c5ccccc45)c4ccccn4)OB(O)C[C@@H]32)C1=O. The van der Waals surface area contributed by atoms with E-state index in [2.05, 4.69) is 4.98 Å². The number of aliphatic hydroxyl groups excluding tert-OH is 1. The lowest BCUT2D eigenvalue weighted by Crippen LogP contribution is -2.46. The second-order valence-electron chi connectivity index (χ2n) is 12.7. The fourth-order valence-corrected chi connectivity index (χ4v) is 7.65. The fourth-order valence-electron chi connectivity index (χ4n) is 7.65. The van der Waals surface area contributed by atoms with Crippen molar-refractivity contribution in [3.05, 3.63) is 83.2 Å². The molecule has 2 saturated heterocycles. The molecule has 244 valence electrons. The summed E-state index contributed by atoms with van der Waals surface area (Å²) in [4.78, 5) is 44.0. The third-order valence-corrected chi connectivity index (χ3v) is 9.80. The number of aliphatic hydroxyl groups is 1. The van der Waals surface area contributed by atoms with Crippen LogP contribution in [0.4, 0.5) is 0 Å². The number of aromatic nitrogens is 1. The van der Waals surface area contributed by atoms with Crippen molar-refractivity contribution in [3.8, 4) is 5.75 Å². The van der Waals surface area contributed by atoms with Crippen LogP contribution in [0.15, 0.2) is 71.9 Å². The van der Waals surface area contributed by atoms with Gasteiger partial charge in [-0.3, -0.25) is 24.3 Å². The van der Waals surface area contributed by atoms with Gasteiger partial charge in [0.25, 0.3) is 0 Å². The Morgan fingerprint density at radius 2 is 1.77 bits per heavy atom. The molecule has 4 N–H and O–H groups in total. The van der Waals surface area contributed by atoms with Crippen LogP contribution in [0.25, 0.3) is 22.4 Å². The molecule has 0 saturated carbocycles. The predicted molar refractivity (Wildman–Crippen MR) is 177 cm³/mol. The van der Waals surface area contributed by atoms with Gasteiger partial charge in [-0.05, 0) is 96.3 Å². The van der Waals surface area contributed by atoms with Crippen molar-refractivity contribution in [2.75, 3.05) is 13.2 Å². The van der Waals surface area contributed by atoms with Gasteiger partial charge in [-0.2, -0.15) is 0 Å². The van der Waals surface area contributed by atoms with Crippen molar-refractivity contribution in [2.24, 2.45) is 17.8 Å². The quantitative estimate of drug-likeness (QED) is 0.0956. The maximum Gasteiger partial charge on any atom is 0.455 e. The standard InChI is InChI=1S/C36H39BN2O8/c40-21-24-19-27-34(36(45)39(35(27)44)17-7-1-2-11-32(42)43)28-20-37(46)47-31(33(24)28)15-13-23(29-10-5-6-16-38-29)18-22-12-14-30(41)26-9-4-3-8-25(22)26/h3-6,8-10,12,14,16,18,27-28,31,34,40-41,46H,1-2,7,11,13,15,17,19-21H2,(H,42,43)/b23-18-/t27-,28+,31-,34-/m1/s1. The summed E-state index contributed by atoms with van der Waals surface area (Å²) in [7, 11) is -1.14. The number of benzene rings is 2. The molecular weight excluding hydrogens is 599 g/mol. The molecule has 3 heterocycles. The van der Waals surface area contributed by atoms with Crippen molar-refractivity contribution in [1.29, 1.82) is 0 Å². The minimum absolute atomic E-state index is 0.0460. The van der Waals surface area contributed by atoms with Crippen LogP contribution >= 0.6 is 0 Å². The van der Waals surface area contributed by atoms with Gasteiger partial charge >= 0.3 is 13.1 Å². The van der Waals surface area contributed by atoms with E-state index in [1.165, 1.54) is 4.90 Å². The topological polar surface area (TPSA) is 157 Å². The Hall–Kier alpha value is -4.32. The van der Waals surface area contributed by atoms with Crippen LogP contribution < -0.4 is 0 Å². The second kappa shape index (κ2) is 14.2. The zero-order valence-corrected chi connectivity index (χ0v) is 26.1. The third-order valence-electron chi connectivity index (χ3n) is 9.80. The number of hydrogen-bond acceptors (Lipinski definition) is 8. The Bertz CT molecular complexity index is 1720. The Kier molecular flexibility index (Phi) is 9.86. The summed E-state index contributed by atoms with van der Waals surface area (Å²) in [5.74, 6) is -2.88. The van der Waals surface area contributed by atoms with Crippen molar-refractivity contribution < 1.29 is 39.4 Å². The maximum atomic E-state index is 13.7. The van der Waals surface area contributed by atoms with Gasteiger partial charge < -0.3 is 25.0 Å². The molecule has 2 amide bonds. The molecule has 1 aromatic heterocycles. The van der Waals surface area contributed by atoms with Crippen LogP contribution in [0.2, 0.25) is 6.32 Å². The molecule has 3 aliphatic rings. The van der Waals surface area contributed by atoms with Crippen LogP contribution in [0.3, 0.4) is 0 Å². The van der Waals surface area contributed by atoms with E-state index in [9.17, 15) is 29.6 Å². The number of phenols is 1. The van der Waals surface area contributed by atoms with Gasteiger partial charge in [0.2, 0.25) is 11.8 Å². The lowest BCUT2D eigenvalue weighted by Gasteiger charge is -2.43. The van der Waals surface area contributed by atoms with Gasteiger partial charge in [-0.1, -0.05) is 42.8 Å². The van der Waals surface area contributed by atoms with Crippen molar-refractivity contribution >= 4 is 47.3 Å². The number of aromatic hydroxyl groups is 1. The molecular formula is C36H39BN2O8. The van der Waals surface area contributed by atoms with Crippen molar-refractivity contribution in [3.63, 3.8) is 0 Å². The van der Waals surface area contributed by atoms with Crippen molar-refractivity contribution in [2.45, 2.75) is 57.4 Å². The second-order valence-corrected chi connectivity index (χ2v) is 12.7. The Labute approximate surface area is 273 Å². The molecule has 2 aliphatic heterocycles. The van der Waals surface area contributed by atoms with E-state index in [1.807, 2.05) is 54.6 Å². The minimum Gasteiger partial charge on any atom is -0.507 e. The lowest BCUT2D eigenvalue weighted by molar-refractivity contribution is -0.141. The molecule has 3 aromatic rings. The van der Waals surface area contributed by atoms with Gasteiger partial charge in [0, 0.05) is 24.5 Å². The van der Waals surface area contributed by atoms with Gasteiger partial charge in [0.15, 0.2) is 0 Å². The number of rotatable bonds is 12. The molecule has 0 radical (unpaired) electrons. The molecule has 4 atom stereocenters. The molecule has 47 heavy (non-hydrogen) atoms. The number of unbranched alkanes of at least 4 members (excludes halogenated alkanes) is 2. The zero-order chi connectivity index (χ0) is 33.1. The Morgan fingerprint density at radius 1 is 0.979 bits per heavy atom. The van der Waals surface area contributed by atoms with Crippen LogP contribution in [-0.4, -0.2) is 74.4 Å². The number of carbonyl (C=O) groups excluding carboxylic acids is 2. The number of allylic oxidation sites excluding steroid dienone is 1. The smallest absolute Gasteiger partial charge is 0.455 e. The van der Waals surface area contributed by atoms with Gasteiger partial charge in [-0.15, -0.1) is 0 Å². The molecule has 1 aliphatic carbocycles. The highest BCUT2D eigenvalue weighted by molar-refractivity contribution is 6.43. The molecule has 2 fully saturated rings. The Balaban J connectivity index is 1.26. The van der Waals surface area contributed by atoms with Crippen LogP contribution in [0.1, 0.15) is 56.2 Å². The monoisotopic (exact) mass is 638 g/mol. The lowest BCUT2D eigenvalue weighted by atomic mass is 9.58. The van der Waals surface area contributed by atoms with E-state index in [-0.39, 0.29) is 49.9 Å². The van der Waals surface area contributed by atoms with Gasteiger partial charge in [0.05, 0.1) is 30.2 Å². The highest BCUT2D eigenvalue weighted by Crippen LogP contribution is 2.50. The average molecular weight is 639 g/mol. The van der Waals surface area contributed by atoms with E-state index in [4.69, 9.17) is 9.76 Å². The number of nitrogens with zero attached hydrogens (tertiary/aromatic N) is 2. The number of carbonyl (C=O) groups is 3. The van der Waals surface area contributed by atoms with Crippen molar-refractivity contribution in [1.82, 2.24) is 9.88 Å². The number of aliphatic carboxylic acids is 1. The molecule has 10 nitrogen and oxygen atoms in total. The molecule has 0 bridgehead atoms. The molecule has 0 unspecified atom stereocenters. The molecule has 0 spiro atoms. The summed E-state index contributed by atoms with van der Waals surface area (Å²) in [5, 5.41) is 42.4. The summed E-state index contributed by atoms with van der Waals surface area (Å²) in [6.07, 6.45) is 6.19. The van der Waals surface area contributed by atoms with E-state index in [0.717, 1.165) is 33.2 Å². The summed E-state index contributed by atoms with van der Waals surface area (Å²) >= 11 is 0. The van der Waals surface area contributed by atoms with Crippen LogP contribution in [-0.2, 0) is 19.0 Å². The van der Waals surface area contributed by atoms with Gasteiger partial charge in [-0.25, -0.2) is 0 Å². The van der Waals surface area contributed by atoms with E-state index >= 15 is 0 Å². The largest absolute Gasteiger partial charge is 0.507 e. The summed E-state index contributed by atoms with van der Waals surface area (Å²) in [6.45, 7) is -0.0441. The molecule has 2 aromatic carbocycles. The highest BCUT2D eigenvalue weighted by Gasteiger charge is 2.57. The Morgan fingerprint density at radius 3 is 2.51 bits per heavy atom. The normalized spacial score (nSPS) is 23.0. The number of carboxylic acids is 1. The molecule has 6 rings (SSSR count). The summed E-state index contributed by atoms with van der Waals surface area (Å²) < 4.78 is 6.11. The number of amides is 2. The number of fused-ring (bicyclic) bond motifs is 4. The first-order valence-corrected chi connectivity index (χ1v) is 16.3. The minimum atomic E-state index is -1.14. The van der Waals surface area contributed by atoms with E-state index in [1.54, 1.807) is 12.3 Å². The third kappa shape index (κ3) is 6.74. The number of pyridine rings is 1. The van der Waals surface area contributed by atoms with Crippen LogP contribution in [0.5, 0.6) is 5.75 Å². The number of hydrogen-bond donors (Lipinski definition) is 4. The maximum absolute atomic E-state index is 13.7. The average Bonchev–Trinajstić information content (AvgIpc) is 3.31. The fraction of sp³-hybridized carbons (Fsp3) is 0.389. The van der Waals surface area contributed by atoms with E-state index in [0.29, 0.717) is 37.7 Å². The number of phenolic OH excluding ortho intramolecular Hbond substituents is 1. The molecule has 11 heteroatoms. The van der Waals surface area contributed by atoms with Crippen LogP contribution in [0, 0.1) is 17.8 Å². The predicted octanol–water partition coefficient (Wildman–Crippen LogP) is 4.70. The zero-order valence-electron chi connectivity index (χ0n) is 26.1. The first-order chi connectivity index (χ1) is 22.8.